The quantitative estimate of drug-likeness (QED) is 0.310. The van der Waals surface area contributed by atoms with Crippen molar-refractivity contribution in [3.63, 3.8) is 0 Å². The van der Waals surface area contributed by atoms with Gasteiger partial charge in [0.05, 0.1) is 27.4 Å². The maximum atomic E-state index is 13.7. The van der Waals surface area contributed by atoms with Gasteiger partial charge in [0.2, 0.25) is 10.0 Å². The predicted molar refractivity (Wildman–Crippen MR) is 143 cm³/mol. The summed E-state index contributed by atoms with van der Waals surface area (Å²) in [5, 5.41) is 1.12. The Bertz CT molecular complexity index is 1470. The summed E-state index contributed by atoms with van der Waals surface area (Å²) >= 11 is 7.52. The van der Waals surface area contributed by atoms with E-state index in [9.17, 15) is 13.2 Å². The van der Waals surface area contributed by atoms with Crippen LogP contribution >= 0.6 is 22.9 Å². The largest absolute Gasteiger partial charge is 0.278 e. The topological polar surface area (TPSA) is 83.5 Å². The molecule has 0 N–H and O–H groups in total. The number of anilines is 1. The molecule has 0 spiro atoms. The number of fused-ring (bicyclic) bond motifs is 1. The maximum Gasteiger partial charge on any atom is 0.260 e. The van der Waals surface area contributed by atoms with Crippen molar-refractivity contribution in [1.29, 1.82) is 0 Å². The van der Waals surface area contributed by atoms with E-state index < -0.39 is 10.0 Å². The molecule has 0 radical (unpaired) electrons. The normalized spacial score (nSPS) is 15.0. The molecule has 2 aromatic carbocycles. The zero-order chi connectivity index (χ0) is 25.1. The number of hydrogen-bond donors (Lipinski definition) is 0. The first-order chi connectivity index (χ1) is 17.4. The number of carbonyl (C=O) groups excluding carboxylic acids is 1. The molecule has 1 saturated heterocycles. The molecule has 0 bridgehead atoms. The molecule has 36 heavy (non-hydrogen) atoms. The molecule has 10 heteroatoms. The maximum absolute atomic E-state index is 13.7. The smallest absolute Gasteiger partial charge is 0.260 e. The number of halogens is 1. The number of sulfonamides is 1. The van der Waals surface area contributed by atoms with E-state index in [1.807, 2.05) is 30.3 Å². The Hall–Kier alpha value is -2.85. The highest BCUT2D eigenvalue weighted by Crippen LogP contribution is 2.32. The number of hydrogen-bond acceptors (Lipinski definition) is 6. The highest BCUT2D eigenvalue weighted by atomic mass is 35.5. The van der Waals surface area contributed by atoms with E-state index in [-0.39, 0.29) is 17.3 Å². The summed E-state index contributed by atoms with van der Waals surface area (Å²) in [6.07, 6.45) is 5.50. The Morgan fingerprint density at radius 1 is 1.00 bits per heavy atom. The molecular formula is C26H25ClN4O3S2. The van der Waals surface area contributed by atoms with E-state index in [1.54, 1.807) is 33.6 Å². The molecular weight excluding hydrogens is 516 g/mol. The minimum Gasteiger partial charge on any atom is -0.278 e. The van der Waals surface area contributed by atoms with Crippen LogP contribution in [0.2, 0.25) is 5.02 Å². The third-order valence-corrected chi connectivity index (χ3v) is 9.35. The van der Waals surface area contributed by atoms with Gasteiger partial charge in [-0.05, 0) is 67.4 Å². The molecule has 5 rings (SSSR count). The fraction of sp³-hybridized carbons (Fsp3) is 0.269. The molecule has 3 heterocycles. The third kappa shape index (κ3) is 5.29. The van der Waals surface area contributed by atoms with Crippen molar-refractivity contribution in [3.8, 4) is 0 Å². The second-order valence-electron chi connectivity index (χ2n) is 8.66. The molecule has 186 valence electrons. The zero-order valence-corrected chi connectivity index (χ0v) is 21.9. The fourth-order valence-corrected chi connectivity index (χ4v) is 6.99. The highest BCUT2D eigenvalue weighted by molar-refractivity contribution is 7.89. The van der Waals surface area contributed by atoms with Gasteiger partial charge in [-0.25, -0.2) is 13.4 Å². The van der Waals surface area contributed by atoms with E-state index in [1.165, 1.54) is 23.5 Å². The minimum atomic E-state index is -3.59. The van der Waals surface area contributed by atoms with Crippen LogP contribution < -0.4 is 4.90 Å². The second-order valence-corrected chi connectivity index (χ2v) is 12.0. The summed E-state index contributed by atoms with van der Waals surface area (Å²) in [4.78, 5) is 24.5. The van der Waals surface area contributed by atoms with Gasteiger partial charge in [0.1, 0.15) is 0 Å². The first-order valence-electron chi connectivity index (χ1n) is 11.8. The first kappa shape index (κ1) is 24.8. The standard InChI is InChI=1S/C26H25ClN4O3S2/c27-20-10-13-23-24(17-20)35-26(29-23)31(18-21-7-3-4-14-28-21)25(32)19-8-11-22(12-9-19)36(33,34)30-15-5-1-2-6-16-30/h3-4,7-14,17H,1-2,5-6,15-16,18H2. The van der Waals surface area contributed by atoms with Crippen LogP contribution in [0.4, 0.5) is 5.13 Å². The Kier molecular flexibility index (Phi) is 7.34. The second kappa shape index (κ2) is 10.6. The molecule has 1 fully saturated rings. The van der Waals surface area contributed by atoms with Gasteiger partial charge < -0.3 is 0 Å². The lowest BCUT2D eigenvalue weighted by Crippen LogP contribution is -2.32. The Balaban J connectivity index is 1.46. The molecule has 0 aliphatic carbocycles. The first-order valence-corrected chi connectivity index (χ1v) is 14.4. The van der Waals surface area contributed by atoms with Crippen LogP contribution in [-0.4, -0.2) is 41.7 Å². The lowest BCUT2D eigenvalue weighted by molar-refractivity contribution is 0.0984. The summed E-state index contributed by atoms with van der Waals surface area (Å²) in [5.41, 5.74) is 1.83. The number of benzene rings is 2. The SMILES string of the molecule is O=C(c1ccc(S(=O)(=O)N2CCCCCC2)cc1)N(Cc1ccccn1)c1nc2ccc(Cl)cc2s1. The molecule has 1 aliphatic heterocycles. The van der Waals surface area contributed by atoms with Gasteiger partial charge in [0, 0.05) is 29.9 Å². The van der Waals surface area contributed by atoms with Gasteiger partial charge in [-0.15, -0.1) is 0 Å². The number of pyridine rings is 1. The van der Waals surface area contributed by atoms with Crippen molar-refractivity contribution in [3.05, 3.63) is 83.1 Å². The number of aromatic nitrogens is 2. The van der Waals surface area contributed by atoms with E-state index in [0.717, 1.165) is 35.9 Å². The van der Waals surface area contributed by atoms with Crippen LogP contribution in [0.1, 0.15) is 41.7 Å². The van der Waals surface area contributed by atoms with Crippen molar-refractivity contribution in [2.75, 3.05) is 18.0 Å². The van der Waals surface area contributed by atoms with Gasteiger partial charge in [0.15, 0.2) is 5.13 Å². The van der Waals surface area contributed by atoms with Crippen LogP contribution in [0.3, 0.4) is 0 Å². The highest BCUT2D eigenvalue weighted by Gasteiger charge is 2.27. The summed E-state index contributed by atoms with van der Waals surface area (Å²) in [6.45, 7) is 1.28. The Morgan fingerprint density at radius 3 is 2.44 bits per heavy atom. The number of amides is 1. The fourth-order valence-electron chi connectivity index (χ4n) is 4.24. The van der Waals surface area contributed by atoms with E-state index >= 15 is 0 Å². The lowest BCUT2D eigenvalue weighted by Gasteiger charge is -2.21. The molecule has 2 aromatic heterocycles. The van der Waals surface area contributed by atoms with Crippen molar-refractivity contribution >= 4 is 54.2 Å². The van der Waals surface area contributed by atoms with E-state index in [2.05, 4.69) is 9.97 Å². The summed E-state index contributed by atoms with van der Waals surface area (Å²) in [6, 6.07) is 17.1. The van der Waals surface area contributed by atoms with Gasteiger partial charge in [-0.2, -0.15) is 4.31 Å². The average Bonchev–Trinajstić information content (AvgIpc) is 3.10. The number of rotatable bonds is 6. The molecule has 1 amide bonds. The molecule has 7 nitrogen and oxygen atoms in total. The molecule has 0 saturated carbocycles. The van der Waals surface area contributed by atoms with Crippen molar-refractivity contribution in [2.24, 2.45) is 0 Å². The van der Waals surface area contributed by atoms with Crippen LogP contribution in [0.5, 0.6) is 0 Å². The van der Waals surface area contributed by atoms with Gasteiger partial charge in [-0.3, -0.25) is 14.7 Å². The summed E-state index contributed by atoms with van der Waals surface area (Å²) < 4.78 is 28.7. The third-order valence-electron chi connectivity index (χ3n) is 6.17. The van der Waals surface area contributed by atoms with Crippen LogP contribution in [0.25, 0.3) is 10.2 Å². The summed E-state index contributed by atoms with van der Waals surface area (Å²) in [5.74, 6) is -0.287. The summed E-state index contributed by atoms with van der Waals surface area (Å²) in [7, 11) is -3.59. The zero-order valence-electron chi connectivity index (χ0n) is 19.5. The number of thiazole rings is 1. The predicted octanol–water partition coefficient (Wildman–Crippen LogP) is 5.76. The Morgan fingerprint density at radius 2 is 1.75 bits per heavy atom. The van der Waals surface area contributed by atoms with Crippen LogP contribution in [0.15, 0.2) is 71.8 Å². The molecule has 4 aromatic rings. The van der Waals surface area contributed by atoms with Crippen LogP contribution in [0, 0.1) is 0 Å². The average molecular weight is 541 g/mol. The van der Waals surface area contributed by atoms with E-state index in [4.69, 9.17) is 11.6 Å². The monoisotopic (exact) mass is 540 g/mol. The van der Waals surface area contributed by atoms with E-state index in [0.29, 0.717) is 34.5 Å². The number of carbonyl (C=O) groups is 1. The van der Waals surface area contributed by atoms with Gasteiger partial charge >= 0.3 is 0 Å². The van der Waals surface area contributed by atoms with Gasteiger partial charge in [0.25, 0.3) is 5.91 Å². The van der Waals surface area contributed by atoms with Crippen molar-refractivity contribution in [2.45, 2.75) is 37.1 Å². The van der Waals surface area contributed by atoms with Crippen molar-refractivity contribution in [1.82, 2.24) is 14.3 Å². The Labute approximate surface area is 219 Å². The molecule has 0 unspecified atom stereocenters. The van der Waals surface area contributed by atoms with Crippen molar-refractivity contribution < 1.29 is 13.2 Å². The van der Waals surface area contributed by atoms with Gasteiger partial charge in [-0.1, -0.05) is 41.8 Å². The number of nitrogens with zero attached hydrogens (tertiary/aromatic N) is 4. The van der Waals surface area contributed by atoms with Crippen LogP contribution in [-0.2, 0) is 16.6 Å². The lowest BCUT2D eigenvalue weighted by atomic mass is 10.2. The molecule has 1 aliphatic rings. The minimum absolute atomic E-state index is 0.201. The molecule has 0 atom stereocenters.